The summed E-state index contributed by atoms with van der Waals surface area (Å²) in [6.45, 7) is 6.63. The van der Waals surface area contributed by atoms with Gasteiger partial charge in [0.2, 0.25) is 0 Å². The molecular formula is C14H23N3. The van der Waals surface area contributed by atoms with E-state index in [0.29, 0.717) is 6.54 Å². The standard InChI is InChI=1S/C14H23N3/c1-16-8-10-17(11-9-16)7-6-13-2-4-14(12-15)5-3-13/h2-5H,6-12,15H2,1H3. The highest BCUT2D eigenvalue weighted by atomic mass is 15.2. The molecule has 2 rings (SSSR count). The Morgan fingerprint density at radius 1 is 1.00 bits per heavy atom. The molecule has 1 saturated heterocycles. The van der Waals surface area contributed by atoms with Crippen molar-refractivity contribution in [3.8, 4) is 0 Å². The number of likely N-dealkylation sites (N-methyl/N-ethyl adjacent to an activating group) is 1. The van der Waals surface area contributed by atoms with Crippen LogP contribution in [0.25, 0.3) is 0 Å². The van der Waals surface area contributed by atoms with Crippen molar-refractivity contribution in [3.63, 3.8) is 0 Å². The number of hydrogen-bond donors (Lipinski definition) is 1. The zero-order valence-electron chi connectivity index (χ0n) is 10.7. The minimum Gasteiger partial charge on any atom is -0.326 e. The van der Waals surface area contributed by atoms with Gasteiger partial charge in [-0.2, -0.15) is 0 Å². The van der Waals surface area contributed by atoms with Crippen LogP contribution in [0.15, 0.2) is 24.3 Å². The van der Waals surface area contributed by atoms with Crippen LogP contribution in [0.5, 0.6) is 0 Å². The van der Waals surface area contributed by atoms with Crippen LogP contribution in [0.4, 0.5) is 0 Å². The molecule has 1 aromatic rings. The summed E-state index contributed by atoms with van der Waals surface area (Å²) in [5.74, 6) is 0. The topological polar surface area (TPSA) is 32.5 Å². The second-order valence-electron chi connectivity index (χ2n) is 4.92. The first kappa shape index (κ1) is 12.6. The van der Waals surface area contributed by atoms with E-state index >= 15 is 0 Å². The van der Waals surface area contributed by atoms with Crippen LogP contribution in [0.2, 0.25) is 0 Å². The fraction of sp³-hybridized carbons (Fsp3) is 0.571. The Morgan fingerprint density at radius 3 is 2.18 bits per heavy atom. The smallest absolute Gasteiger partial charge is 0.0178 e. The van der Waals surface area contributed by atoms with Gasteiger partial charge < -0.3 is 15.5 Å². The summed E-state index contributed by atoms with van der Waals surface area (Å²) in [5.41, 5.74) is 8.22. The summed E-state index contributed by atoms with van der Waals surface area (Å²) in [6, 6.07) is 8.69. The lowest BCUT2D eigenvalue weighted by atomic mass is 10.1. The van der Waals surface area contributed by atoms with Crippen LogP contribution in [0.1, 0.15) is 11.1 Å². The number of piperazine rings is 1. The van der Waals surface area contributed by atoms with Crippen LogP contribution in [-0.4, -0.2) is 49.6 Å². The Hall–Kier alpha value is -0.900. The number of nitrogens with zero attached hydrogens (tertiary/aromatic N) is 2. The second-order valence-corrected chi connectivity index (χ2v) is 4.92. The highest BCUT2D eigenvalue weighted by Gasteiger charge is 2.12. The molecule has 3 heteroatoms. The molecule has 0 spiro atoms. The van der Waals surface area contributed by atoms with E-state index in [1.165, 1.54) is 43.9 Å². The first-order valence-electron chi connectivity index (χ1n) is 6.47. The largest absolute Gasteiger partial charge is 0.326 e. The maximum absolute atomic E-state index is 5.59. The zero-order chi connectivity index (χ0) is 12.1. The van der Waals surface area contributed by atoms with Crippen molar-refractivity contribution >= 4 is 0 Å². The van der Waals surface area contributed by atoms with Gasteiger partial charge in [0.15, 0.2) is 0 Å². The Bertz CT molecular complexity index is 326. The van der Waals surface area contributed by atoms with Gasteiger partial charge in [-0.15, -0.1) is 0 Å². The third-order valence-corrected chi connectivity index (χ3v) is 3.57. The molecule has 0 amide bonds. The van der Waals surface area contributed by atoms with E-state index in [1.807, 2.05) is 0 Å². The molecule has 1 aromatic carbocycles. The molecule has 0 aromatic heterocycles. The summed E-state index contributed by atoms with van der Waals surface area (Å²) < 4.78 is 0. The number of nitrogens with two attached hydrogens (primary N) is 1. The van der Waals surface area contributed by atoms with Gasteiger partial charge >= 0.3 is 0 Å². The molecule has 94 valence electrons. The maximum Gasteiger partial charge on any atom is 0.0178 e. The van der Waals surface area contributed by atoms with E-state index in [9.17, 15) is 0 Å². The van der Waals surface area contributed by atoms with Gasteiger partial charge in [-0.25, -0.2) is 0 Å². The van der Waals surface area contributed by atoms with Crippen molar-refractivity contribution in [2.24, 2.45) is 5.73 Å². The highest BCUT2D eigenvalue weighted by Crippen LogP contribution is 2.06. The van der Waals surface area contributed by atoms with E-state index in [4.69, 9.17) is 5.73 Å². The Balaban J connectivity index is 1.77. The monoisotopic (exact) mass is 233 g/mol. The van der Waals surface area contributed by atoms with Crippen molar-refractivity contribution in [2.75, 3.05) is 39.8 Å². The normalized spacial score (nSPS) is 18.5. The van der Waals surface area contributed by atoms with Crippen LogP contribution in [-0.2, 0) is 13.0 Å². The van der Waals surface area contributed by atoms with E-state index in [-0.39, 0.29) is 0 Å². The Labute approximate surface area is 104 Å². The second kappa shape index (κ2) is 6.15. The summed E-state index contributed by atoms with van der Waals surface area (Å²) in [5, 5.41) is 0. The molecule has 3 nitrogen and oxygen atoms in total. The summed E-state index contributed by atoms with van der Waals surface area (Å²) in [6.07, 6.45) is 1.15. The fourth-order valence-corrected chi connectivity index (χ4v) is 2.20. The lowest BCUT2D eigenvalue weighted by molar-refractivity contribution is 0.155. The summed E-state index contributed by atoms with van der Waals surface area (Å²) >= 11 is 0. The third kappa shape index (κ3) is 3.80. The first-order chi connectivity index (χ1) is 8.28. The molecule has 1 aliphatic rings. The van der Waals surface area contributed by atoms with Crippen LogP contribution < -0.4 is 5.73 Å². The van der Waals surface area contributed by atoms with Gasteiger partial charge in [-0.05, 0) is 24.6 Å². The molecule has 1 aliphatic heterocycles. The average molecular weight is 233 g/mol. The van der Waals surface area contributed by atoms with Crippen molar-refractivity contribution in [1.29, 1.82) is 0 Å². The molecule has 0 unspecified atom stereocenters. The maximum atomic E-state index is 5.59. The van der Waals surface area contributed by atoms with E-state index < -0.39 is 0 Å². The van der Waals surface area contributed by atoms with E-state index in [1.54, 1.807) is 0 Å². The van der Waals surface area contributed by atoms with Crippen molar-refractivity contribution in [2.45, 2.75) is 13.0 Å². The predicted octanol–water partition coefficient (Wildman–Crippen LogP) is 0.935. The average Bonchev–Trinajstić information content (AvgIpc) is 2.39. The minimum atomic E-state index is 0.638. The molecule has 0 saturated carbocycles. The molecule has 1 heterocycles. The van der Waals surface area contributed by atoms with Crippen molar-refractivity contribution in [3.05, 3.63) is 35.4 Å². The van der Waals surface area contributed by atoms with Gasteiger partial charge in [0.25, 0.3) is 0 Å². The van der Waals surface area contributed by atoms with Crippen molar-refractivity contribution in [1.82, 2.24) is 9.80 Å². The van der Waals surface area contributed by atoms with Gasteiger partial charge in [0, 0.05) is 39.3 Å². The lowest BCUT2D eigenvalue weighted by Crippen LogP contribution is -2.45. The lowest BCUT2D eigenvalue weighted by Gasteiger charge is -2.32. The quantitative estimate of drug-likeness (QED) is 0.840. The number of hydrogen-bond acceptors (Lipinski definition) is 3. The van der Waals surface area contributed by atoms with Crippen LogP contribution in [0.3, 0.4) is 0 Å². The van der Waals surface area contributed by atoms with Gasteiger partial charge in [-0.1, -0.05) is 24.3 Å². The fourth-order valence-electron chi connectivity index (χ4n) is 2.20. The van der Waals surface area contributed by atoms with Gasteiger partial charge in [0.05, 0.1) is 0 Å². The zero-order valence-corrected chi connectivity index (χ0v) is 10.7. The summed E-state index contributed by atoms with van der Waals surface area (Å²) in [4.78, 5) is 4.95. The molecule has 1 fully saturated rings. The molecule has 17 heavy (non-hydrogen) atoms. The Kier molecular flexibility index (Phi) is 4.54. The van der Waals surface area contributed by atoms with E-state index in [0.717, 1.165) is 6.42 Å². The van der Waals surface area contributed by atoms with Crippen LogP contribution in [0, 0.1) is 0 Å². The van der Waals surface area contributed by atoms with Gasteiger partial charge in [0.1, 0.15) is 0 Å². The third-order valence-electron chi connectivity index (χ3n) is 3.57. The molecule has 2 N–H and O–H groups in total. The van der Waals surface area contributed by atoms with E-state index in [2.05, 4.69) is 41.1 Å². The summed E-state index contributed by atoms with van der Waals surface area (Å²) in [7, 11) is 2.20. The van der Waals surface area contributed by atoms with Crippen molar-refractivity contribution < 1.29 is 0 Å². The number of rotatable bonds is 4. The SMILES string of the molecule is CN1CCN(CCc2ccc(CN)cc2)CC1. The minimum absolute atomic E-state index is 0.638. The molecular weight excluding hydrogens is 210 g/mol. The molecule has 0 radical (unpaired) electrons. The van der Waals surface area contributed by atoms with Crippen LogP contribution >= 0.6 is 0 Å². The highest BCUT2D eigenvalue weighted by molar-refractivity contribution is 5.22. The number of benzene rings is 1. The first-order valence-corrected chi connectivity index (χ1v) is 6.47. The molecule has 0 bridgehead atoms. The predicted molar refractivity (Wildman–Crippen MR) is 72.0 cm³/mol. The van der Waals surface area contributed by atoms with Gasteiger partial charge in [-0.3, -0.25) is 0 Å². The Morgan fingerprint density at radius 2 is 1.59 bits per heavy atom. The molecule has 0 aliphatic carbocycles. The molecule has 0 atom stereocenters.